The predicted octanol–water partition coefficient (Wildman–Crippen LogP) is 0.519. The van der Waals surface area contributed by atoms with Gasteiger partial charge in [-0.15, -0.1) is 0 Å². The van der Waals surface area contributed by atoms with Crippen molar-refractivity contribution in [3.63, 3.8) is 0 Å². The molecule has 1 rings (SSSR count). The summed E-state index contributed by atoms with van der Waals surface area (Å²) < 4.78 is 26.4. The highest BCUT2D eigenvalue weighted by Gasteiger charge is 2.25. The standard InChI is InChI=1S/C14H22N2O5S/c1-4-14(2,3)10-5-7-11(8-6-10)22(20,21)16-12(9-17)13(18)15-19/h5-8,12,16-17,19H,4,9H2,1-3H3,(H,15,18). The molecule has 8 heteroatoms. The molecule has 124 valence electrons. The van der Waals surface area contributed by atoms with Crippen LogP contribution >= 0.6 is 0 Å². The number of aliphatic hydroxyl groups is 1. The van der Waals surface area contributed by atoms with Crippen molar-refractivity contribution in [2.45, 2.75) is 43.5 Å². The van der Waals surface area contributed by atoms with E-state index in [-0.39, 0.29) is 10.3 Å². The molecule has 0 heterocycles. The lowest BCUT2D eigenvalue weighted by Gasteiger charge is -2.23. The third-order valence-corrected chi connectivity index (χ3v) is 5.22. The second kappa shape index (κ2) is 7.19. The van der Waals surface area contributed by atoms with Crippen molar-refractivity contribution in [2.24, 2.45) is 0 Å². The number of nitrogens with one attached hydrogen (secondary N) is 2. The van der Waals surface area contributed by atoms with Crippen LogP contribution in [0.4, 0.5) is 0 Å². The van der Waals surface area contributed by atoms with Crippen LogP contribution in [0, 0.1) is 0 Å². The third kappa shape index (κ3) is 4.26. The van der Waals surface area contributed by atoms with Crippen LogP contribution in [0.15, 0.2) is 29.2 Å². The van der Waals surface area contributed by atoms with E-state index >= 15 is 0 Å². The van der Waals surface area contributed by atoms with E-state index in [1.54, 1.807) is 12.1 Å². The maximum absolute atomic E-state index is 12.2. The summed E-state index contributed by atoms with van der Waals surface area (Å²) in [6, 6.07) is 4.87. The predicted molar refractivity (Wildman–Crippen MR) is 80.9 cm³/mol. The number of aliphatic hydroxyl groups excluding tert-OH is 1. The minimum atomic E-state index is -3.98. The van der Waals surface area contributed by atoms with Gasteiger partial charge in [0.2, 0.25) is 10.0 Å². The Bertz CT molecular complexity index is 611. The lowest BCUT2D eigenvalue weighted by atomic mass is 9.82. The number of hydrogen-bond acceptors (Lipinski definition) is 5. The quantitative estimate of drug-likeness (QED) is 0.430. The summed E-state index contributed by atoms with van der Waals surface area (Å²) in [7, 11) is -3.98. The lowest BCUT2D eigenvalue weighted by molar-refractivity contribution is -0.131. The first kappa shape index (κ1) is 18.6. The van der Waals surface area contributed by atoms with Gasteiger partial charge in [-0.1, -0.05) is 32.9 Å². The Morgan fingerprint density at radius 1 is 1.27 bits per heavy atom. The summed E-state index contributed by atoms with van der Waals surface area (Å²) in [6.07, 6.45) is 0.903. The molecule has 1 aromatic rings. The number of carbonyl (C=O) groups is 1. The Morgan fingerprint density at radius 2 is 1.82 bits per heavy atom. The van der Waals surface area contributed by atoms with Gasteiger partial charge in [0.05, 0.1) is 11.5 Å². The van der Waals surface area contributed by atoms with Crippen LogP contribution in [-0.4, -0.2) is 37.3 Å². The van der Waals surface area contributed by atoms with Gasteiger partial charge in [0.15, 0.2) is 0 Å². The summed E-state index contributed by atoms with van der Waals surface area (Å²) >= 11 is 0. The molecule has 1 unspecified atom stereocenters. The van der Waals surface area contributed by atoms with Gasteiger partial charge in [0, 0.05) is 0 Å². The van der Waals surface area contributed by atoms with Crippen molar-refractivity contribution in [3.8, 4) is 0 Å². The van der Waals surface area contributed by atoms with E-state index in [4.69, 9.17) is 10.3 Å². The number of carbonyl (C=O) groups excluding carboxylic acids is 1. The Kier molecular flexibility index (Phi) is 6.07. The van der Waals surface area contributed by atoms with Gasteiger partial charge in [-0.25, -0.2) is 13.9 Å². The Morgan fingerprint density at radius 3 is 2.23 bits per heavy atom. The van der Waals surface area contributed by atoms with Crippen molar-refractivity contribution in [2.75, 3.05) is 6.61 Å². The zero-order chi connectivity index (χ0) is 17.0. The van der Waals surface area contributed by atoms with Crippen LogP contribution in [0.25, 0.3) is 0 Å². The summed E-state index contributed by atoms with van der Waals surface area (Å²) in [4.78, 5) is 11.2. The zero-order valence-corrected chi connectivity index (χ0v) is 13.6. The average molecular weight is 330 g/mol. The fraction of sp³-hybridized carbons (Fsp3) is 0.500. The van der Waals surface area contributed by atoms with Crippen LogP contribution in [-0.2, 0) is 20.2 Å². The van der Waals surface area contributed by atoms with E-state index in [9.17, 15) is 13.2 Å². The molecule has 0 radical (unpaired) electrons. The van der Waals surface area contributed by atoms with Crippen LogP contribution in [0.5, 0.6) is 0 Å². The SMILES string of the molecule is CCC(C)(C)c1ccc(S(=O)(=O)NC(CO)C(=O)NO)cc1. The molecule has 0 aliphatic heterocycles. The summed E-state index contributed by atoms with van der Waals surface area (Å²) in [5.74, 6) is -1.03. The topological polar surface area (TPSA) is 116 Å². The Balaban J connectivity index is 3.01. The van der Waals surface area contributed by atoms with Gasteiger partial charge in [0.1, 0.15) is 6.04 Å². The Hall–Kier alpha value is -1.48. The smallest absolute Gasteiger partial charge is 0.263 e. The fourth-order valence-electron chi connectivity index (χ4n) is 1.80. The van der Waals surface area contributed by atoms with Crippen LogP contribution < -0.4 is 10.2 Å². The van der Waals surface area contributed by atoms with Gasteiger partial charge in [0.25, 0.3) is 5.91 Å². The molecule has 0 aromatic heterocycles. The van der Waals surface area contributed by atoms with Crippen LogP contribution in [0.1, 0.15) is 32.8 Å². The maximum Gasteiger partial charge on any atom is 0.263 e. The molecule has 1 atom stereocenters. The van der Waals surface area contributed by atoms with Crippen molar-refractivity contribution >= 4 is 15.9 Å². The molecule has 1 amide bonds. The summed E-state index contributed by atoms with van der Waals surface area (Å²) in [5.41, 5.74) is 2.23. The monoisotopic (exact) mass is 330 g/mol. The largest absolute Gasteiger partial charge is 0.394 e. The molecule has 1 aromatic carbocycles. The first-order chi connectivity index (χ1) is 10.2. The maximum atomic E-state index is 12.2. The molecule has 0 bridgehead atoms. The minimum absolute atomic E-state index is 0.0210. The van der Waals surface area contributed by atoms with Crippen LogP contribution in [0.3, 0.4) is 0 Å². The van der Waals surface area contributed by atoms with Crippen molar-refractivity contribution in [1.82, 2.24) is 10.2 Å². The first-order valence-electron chi connectivity index (χ1n) is 6.85. The number of rotatable bonds is 7. The van der Waals surface area contributed by atoms with Gasteiger partial charge in [-0.2, -0.15) is 4.72 Å². The number of amides is 1. The van der Waals surface area contributed by atoms with Gasteiger partial charge in [-0.05, 0) is 29.5 Å². The van der Waals surface area contributed by atoms with E-state index in [0.717, 1.165) is 12.0 Å². The van der Waals surface area contributed by atoms with Crippen molar-refractivity contribution in [3.05, 3.63) is 29.8 Å². The fourth-order valence-corrected chi connectivity index (χ4v) is 2.98. The minimum Gasteiger partial charge on any atom is -0.394 e. The highest BCUT2D eigenvalue weighted by molar-refractivity contribution is 7.89. The average Bonchev–Trinajstić information content (AvgIpc) is 2.52. The molecule has 0 fully saturated rings. The molecular formula is C14H22N2O5S. The molecule has 0 saturated carbocycles. The Labute approximate surface area is 130 Å². The zero-order valence-electron chi connectivity index (χ0n) is 12.8. The van der Waals surface area contributed by atoms with E-state index in [0.29, 0.717) is 0 Å². The number of sulfonamides is 1. The van der Waals surface area contributed by atoms with Gasteiger partial charge < -0.3 is 5.11 Å². The lowest BCUT2D eigenvalue weighted by Crippen LogP contribution is -2.47. The highest BCUT2D eigenvalue weighted by atomic mass is 32.2. The second-order valence-corrected chi connectivity index (χ2v) is 7.31. The number of hydrogen-bond donors (Lipinski definition) is 4. The van der Waals surface area contributed by atoms with Gasteiger partial charge >= 0.3 is 0 Å². The normalized spacial score (nSPS) is 13.7. The molecule has 7 nitrogen and oxygen atoms in total. The van der Waals surface area contributed by atoms with Crippen molar-refractivity contribution in [1.29, 1.82) is 0 Å². The van der Waals surface area contributed by atoms with E-state index < -0.39 is 28.6 Å². The van der Waals surface area contributed by atoms with E-state index in [2.05, 4.69) is 13.8 Å². The molecule has 4 N–H and O–H groups in total. The molecular weight excluding hydrogens is 308 g/mol. The van der Waals surface area contributed by atoms with E-state index in [1.165, 1.54) is 17.6 Å². The molecule has 0 spiro atoms. The van der Waals surface area contributed by atoms with Crippen molar-refractivity contribution < 1.29 is 23.5 Å². The van der Waals surface area contributed by atoms with Gasteiger partial charge in [-0.3, -0.25) is 10.0 Å². The summed E-state index contributed by atoms with van der Waals surface area (Å²) in [6.45, 7) is 5.39. The molecule has 0 aliphatic rings. The third-order valence-electron chi connectivity index (χ3n) is 3.74. The highest BCUT2D eigenvalue weighted by Crippen LogP contribution is 2.27. The van der Waals surface area contributed by atoms with Crippen LogP contribution in [0.2, 0.25) is 0 Å². The number of benzene rings is 1. The first-order valence-corrected chi connectivity index (χ1v) is 8.34. The molecule has 0 aliphatic carbocycles. The van der Waals surface area contributed by atoms with E-state index in [1.807, 2.05) is 11.6 Å². The second-order valence-electron chi connectivity index (χ2n) is 5.59. The summed E-state index contributed by atoms with van der Waals surface area (Å²) in [5, 5.41) is 17.5. The molecule has 22 heavy (non-hydrogen) atoms. The number of hydroxylamine groups is 1. The molecule has 0 saturated heterocycles.